The molecule has 2 nitrogen and oxygen atoms in total. The van der Waals surface area contributed by atoms with Gasteiger partial charge in [0.05, 0.1) is 6.10 Å². The lowest BCUT2D eigenvalue weighted by molar-refractivity contribution is 0.150. The van der Waals surface area contributed by atoms with E-state index in [-0.39, 0.29) is 12.4 Å². The molecule has 1 atom stereocenters. The molecule has 0 aromatic heterocycles. The van der Waals surface area contributed by atoms with E-state index in [1.807, 2.05) is 0 Å². The minimum absolute atomic E-state index is 0.0835. The van der Waals surface area contributed by atoms with Gasteiger partial charge in [0.25, 0.3) is 0 Å². The molecule has 0 fully saturated rings. The Kier molecular flexibility index (Phi) is 4.56. The molecular weight excluding hydrogens is 183 g/mol. The minimum atomic E-state index is -0.496. The summed E-state index contributed by atoms with van der Waals surface area (Å²) in [6.07, 6.45) is 1.07. The zero-order valence-corrected chi connectivity index (χ0v) is 7.99. The summed E-state index contributed by atoms with van der Waals surface area (Å²) in [6, 6.07) is 6.21. The summed E-state index contributed by atoms with van der Waals surface area (Å²) < 4.78 is 12.7. The van der Waals surface area contributed by atoms with E-state index in [4.69, 9.17) is 5.11 Å². The Labute approximate surface area is 83.0 Å². The monoisotopic (exact) mass is 198 g/mol. The van der Waals surface area contributed by atoms with Gasteiger partial charge in [-0.1, -0.05) is 12.1 Å². The number of hydrogen-bond donors (Lipinski definition) is 2. The molecule has 0 spiro atoms. The zero-order chi connectivity index (χ0) is 10.4. The van der Waals surface area contributed by atoms with Crippen LogP contribution in [0, 0.1) is 5.82 Å². The van der Waals surface area contributed by atoms with Crippen molar-refractivity contribution in [1.82, 2.24) is 0 Å². The molecule has 1 aromatic rings. The Balaban J connectivity index is 2.43. The van der Waals surface area contributed by atoms with E-state index in [2.05, 4.69) is 0 Å². The highest BCUT2D eigenvalue weighted by molar-refractivity contribution is 5.16. The van der Waals surface area contributed by atoms with Crippen LogP contribution in [0.4, 0.5) is 4.39 Å². The molecule has 3 heteroatoms. The molecule has 0 aliphatic carbocycles. The van der Waals surface area contributed by atoms with Crippen LogP contribution in [0.5, 0.6) is 0 Å². The van der Waals surface area contributed by atoms with Gasteiger partial charge in [-0.15, -0.1) is 0 Å². The maximum absolute atomic E-state index is 12.7. The van der Waals surface area contributed by atoms with E-state index >= 15 is 0 Å². The van der Waals surface area contributed by atoms with E-state index in [1.165, 1.54) is 12.1 Å². The summed E-state index contributed by atoms with van der Waals surface area (Å²) >= 11 is 0. The van der Waals surface area contributed by atoms with Gasteiger partial charge in [-0.3, -0.25) is 0 Å². The van der Waals surface area contributed by atoms with E-state index in [0.29, 0.717) is 19.3 Å². The molecular formula is C11H15FO2. The van der Waals surface area contributed by atoms with Crippen molar-refractivity contribution in [2.75, 3.05) is 6.61 Å². The van der Waals surface area contributed by atoms with Gasteiger partial charge in [-0.2, -0.15) is 0 Å². The van der Waals surface area contributed by atoms with E-state index < -0.39 is 6.10 Å². The van der Waals surface area contributed by atoms with Gasteiger partial charge in [-0.25, -0.2) is 4.39 Å². The lowest BCUT2D eigenvalue weighted by atomic mass is 10.0. The smallest absolute Gasteiger partial charge is 0.123 e. The van der Waals surface area contributed by atoms with Crippen molar-refractivity contribution in [3.8, 4) is 0 Å². The molecule has 1 unspecified atom stereocenters. The van der Waals surface area contributed by atoms with Crippen LogP contribution in [-0.2, 0) is 6.42 Å². The van der Waals surface area contributed by atoms with Crippen molar-refractivity contribution in [3.05, 3.63) is 35.6 Å². The molecule has 0 saturated heterocycles. The summed E-state index contributed by atoms with van der Waals surface area (Å²) in [4.78, 5) is 0. The predicted octanol–water partition coefficient (Wildman–Crippen LogP) is 1.50. The minimum Gasteiger partial charge on any atom is -0.396 e. The van der Waals surface area contributed by atoms with Crippen LogP contribution in [-0.4, -0.2) is 22.9 Å². The van der Waals surface area contributed by atoms with Crippen LogP contribution in [0.25, 0.3) is 0 Å². The molecule has 0 heterocycles. The van der Waals surface area contributed by atoms with E-state index in [0.717, 1.165) is 5.56 Å². The van der Waals surface area contributed by atoms with Crippen LogP contribution in [0.2, 0.25) is 0 Å². The Hall–Kier alpha value is -0.930. The molecule has 0 aliphatic rings. The van der Waals surface area contributed by atoms with Crippen LogP contribution >= 0.6 is 0 Å². The first-order valence-electron chi connectivity index (χ1n) is 4.75. The number of aliphatic hydroxyl groups is 2. The topological polar surface area (TPSA) is 40.5 Å². The fourth-order valence-electron chi connectivity index (χ4n) is 1.36. The van der Waals surface area contributed by atoms with Crippen LogP contribution in [0.1, 0.15) is 18.4 Å². The molecule has 0 saturated carbocycles. The summed E-state index contributed by atoms with van der Waals surface area (Å²) in [5.74, 6) is -0.281. The van der Waals surface area contributed by atoms with Gasteiger partial charge >= 0.3 is 0 Å². The van der Waals surface area contributed by atoms with E-state index in [9.17, 15) is 9.50 Å². The second-order valence-electron chi connectivity index (χ2n) is 3.35. The Morgan fingerprint density at radius 3 is 2.79 bits per heavy atom. The van der Waals surface area contributed by atoms with Crippen molar-refractivity contribution in [2.45, 2.75) is 25.4 Å². The molecule has 1 rings (SSSR count). The van der Waals surface area contributed by atoms with Crippen LogP contribution < -0.4 is 0 Å². The first-order valence-corrected chi connectivity index (χ1v) is 4.75. The standard InChI is InChI=1S/C11H15FO2/c12-10-4-1-3-9(7-10)8-11(14)5-2-6-13/h1,3-4,7,11,13-14H,2,5-6,8H2. The number of aliphatic hydroxyl groups excluding tert-OH is 2. The van der Waals surface area contributed by atoms with Gasteiger partial charge in [0.1, 0.15) is 5.82 Å². The summed E-state index contributed by atoms with van der Waals surface area (Å²) in [6.45, 7) is 0.0835. The SMILES string of the molecule is OCCCC(O)Cc1cccc(F)c1. The third-order valence-corrected chi connectivity index (χ3v) is 2.06. The third-order valence-electron chi connectivity index (χ3n) is 2.06. The fourth-order valence-corrected chi connectivity index (χ4v) is 1.36. The average molecular weight is 198 g/mol. The number of rotatable bonds is 5. The quantitative estimate of drug-likeness (QED) is 0.752. The Morgan fingerprint density at radius 1 is 1.36 bits per heavy atom. The molecule has 1 aromatic carbocycles. The highest BCUT2D eigenvalue weighted by Crippen LogP contribution is 2.09. The number of benzene rings is 1. The third kappa shape index (κ3) is 3.85. The largest absolute Gasteiger partial charge is 0.396 e. The lowest BCUT2D eigenvalue weighted by Crippen LogP contribution is -2.11. The van der Waals surface area contributed by atoms with Gasteiger partial charge in [0, 0.05) is 6.61 Å². The van der Waals surface area contributed by atoms with Crippen molar-refractivity contribution in [1.29, 1.82) is 0 Å². The second-order valence-corrected chi connectivity index (χ2v) is 3.35. The molecule has 0 bridgehead atoms. The molecule has 14 heavy (non-hydrogen) atoms. The fraction of sp³-hybridized carbons (Fsp3) is 0.455. The zero-order valence-electron chi connectivity index (χ0n) is 7.99. The van der Waals surface area contributed by atoms with Crippen LogP contribution in [0.15, 0.2) is 24.3 Å². The first kappa shape index (κ1) is 11.1. The van der Waals surface area contributed by atoms with Crippen molar-refractivity contribution < 1.29 is 14.6 Å². The highest BCUT2D eigenvalue weighted by Gasteiger charge is 2.05. The summed E-state index contributed by atoms with van der Waals surface area (Å²) in [5, 5.41) is 18.0. The lowest BCUT2D eigenvalue weighted by Gasteiger charge is -2.09. The predicted molar refractivity (Wildman–Crippen MR) is 52.4 cm³/mol. The van der Waals surface area contributed by atoms with Crippen molar-refractivity contribution in [3.63, 3.8) is 0 Å². The Bertz CT molecular complexity index is 276. The van der Waals surface area contributed by atoms with Crippen molar-refractivity contribution in [2.24, 2.45) is 0 Å². The van der Waals surface area contributed by atoms with Gasteiger partial charge in [0.2, 0.25) is 0 Å². The van der Waals surface area contributed by atoms with Gasteiger partial charge in [0.15, 0.2) is 0 Å². The first-order chi connectivity index (χ1) is 6.72. The molecule has 0 radical (unpaired) electrons. The Morgan fingerprint density at radius 2 is 2.14 bits per heavy atom. The maximum Gasteiger partial charge on any atom is 0.123 e. The second kappa shape index (κ2) is 5.73. The van der Waals surface area contributed by atoms with E-state index in [1.54, 1.807) is 12.1 Å². The maximum atomic E-state index is 12.7. The van der Waals surface area contributed by atoms with Crippen LogP contribution in [0.3, 0.4) is 0 Å². The molecule has 78 valence electrons. The highest BCUT2D eigenvalue weighted by atomic mass is 19.1. The average Bonchev–Trinajstić information content (AvgIpc) is 2.15. The van der Waals surface area contributed by atoms with Crippen molar-refractivity contribution >= 4 is 0 Å². The summed E-state index contributed by atoms with van der Waals surface area (Å²) in [5.41, 5.74) is 0.787. The molecule has 0 amide bonds. The molecule has 0 aliphatic heterocycles. The normalized spacial score (nSPS) is 12.8. The number of halogens is 1. The molecule has 2 N–H and O–H groups in total. The van der Waals surface area contributed by atoms with Gasteiger partial charge in [-0.05, 0) is 37.0 Å². The summed E-state index contributed by atoms with van der Waals surface area (Å²) in [7, 11) is 0. The van der Waals surface area contributed by atoms with Gasteiger partial charge < -0.3 is 10.2 Å². The number of hydrogen-bond acceptors (Lipinski definition) is 2.